The van der Waals surface area contributed by atoms with Crippen molar-refractivity contribution in [2.24, 2.45) is 0 Å². The summed E-state index contributed by atoms with van der Waals surface area (Å²) in [5, 5.41) is 0. The molecule has 0 fully saturated rings. The van der Waals surface area contributed by atoms with Crippen LogP contribution in [0, 0.1) is 0 Å². The van der Waals surface area contributed by atoms with Crippen LogP contribution in [0.3, 0.4) is 0 Å². The molecule has 0 radical (unpaired) electrons. The number of hydrogen-bond donors (Lipinski definition) is 0. The van der Waals surface area contributed by atoms with E-state index in [9.17, 15) is 19.2 Å². The molecule has 2 aromatic rings. The molecule has 0 saturated carbocycles. The standard InChI is InChI=1S/C22H20O8/c1-3-11-27-21(25)29-15-9-10-16(30-22(26)28-12-4-2)18-17(15)19(23)13-7-5-6-8-14(13)20(18)24/h5-10H,3-4,11-12H2,1-2H3. The van der Waals surface area contributed by atoms with Crippen LogP contribution in [0.2, 0.25) is 0 Å². The summed E-state index contributed by atoms with van der Waals surface area (Å²) in [5.74, 6) is -1.39. The lowest BCUT2D eigenvalue weighted by Crippen LogP contribution is -2.25. The normalized spacial score (nSPS) is 11.9. The van der Waals surface area contributed by atoms with Crippen LogP contribution in [-0.2, 0) is 9.47 Å². The van der Waals surface area contributed by atoms with E-state index in [4.69, 9.17) is 18.9 Å². The lowest BCUT2D eigenvalue weighted by molar-refractivity contribution is 0.0914. The lowest BCUT2D eigenvalue weighted by Gasteiger charge is -2.21. The molecule has 0 aliphatic heterocycles. The smallest absolute Gasteiger partial charge is 0.434 e. The summed E-state index contributed by atoms with van der Waals surface area (Å²) in [4.78, 5) is 50.1. The number of hydrogen-bond acceptors (Lipinski definition) is 8. The van der Waals surface area contributed by atoms with Gasteiger partial charge in [0.05, 0.1) is 24.3 Å². The molecule has 0 N–H and O–H groups in total. The van der Waals surface area contributed by atoms with E-state index in [1.165, 1.54) is 24.3 Å². The van der Waals surface area contributed by atoms with Crippen LogP contribution in [0.25, 0.3) is 0 Å². The van der Waals surface area contributed by atoms with E-state index in [0.29, 0.717) is 12.8 Å². The van der Waals surface area contributed by atoms with Crippen molar-refractivity contribution in [2.45, 2.75) is 26.7 Å². The van der Waals surface area contributed by atoms with Crippen molar-refractivity contribution in [3.8, 4) is 11.5 Å². The minimum Gasteiger partial charge on any atom is -0.434 e. The molecule has 0 saturated heterocycles. The first kappa shape index (κ1) is 21.0. The largest absolute Gasteiger partial charge is 0.513 e. The van der Waals surface area contributed by atoms with Gasteiger partial charge in [-0.15, -0.1) is 0 Å². The molecule has 0 amide bonds. The van der Waals surface area contributed by atoms with Crippen LogP contribution in [0.4, 0.5) is 9.59 Å². The number of fused-ring (bicyclic) bond motifs is 2. The number of carbonyl (C=O) groups excluding carboxylic acids is 4. The number of rotatable bonds is 6. The van der Waals surface area contributed by atoms with E-state index in [1.54, 1.807) is 12.1 Å². The average Bonchev–Trinajstić information content (AvgIpc) is 2.75. The summed E-state index contributed by atoms with van der Waals surface area (Å²) in [5.41, 5.74) is -0.0270. The number of ketones is 2. The Morgan fingerprint density at radius 2 is 1.10 bits per heavy atom. The van der Waals surface area contributed by atoms with Gasteiger partial charge in [-0.05, 0) is 25.0 Å². The van der Waals surface area contributed by atoms with Gasteiger partial charge in [-0.25, -0.2) is 9.59 Å². The molecule has 0 spiro atoms. The second kappa shape index (κ2) is 9.21. The number of benzene rings is 2. The van der Waals surface area contributed by atoms with Crippen molar-refractivity contribution >= 4 is 23.9 Å². The van der Waals surface area contributed by atoms with Gasteiger partial charge in [-0.1, -0.05) is 38.1 Å². The predicted molar refractivity (Wildman–Crippen MR) is 104 cm³/mol. The SMILES string of the molecule is CCCOC(=O)Oc1ccc(OC(=O)OCCC)c2c1C(=O)c1ccccc1C2=O. The first-order valence-electron chi connectivity index (χ1n) is 9.52. The van der Waals surface area contributed by atoms with Crippen LogP contribution < -0.4 is 9.47 Å². The molecule has 0 unspecified atom stereocenters. The van der Waals surface area contributed by atoms with Crippen molar-refractivity contribution in [2.75, 3.05) is 13.2 Å². The molecule has 0 bridgehead atoms. The van der Waals surface area contributed by atoms with Crippen molar-refractivity contribution < 1.29 is 38.1 Å². The van der Waals surface area contributed by atoms with Gasteiger partial charge in [0.2, 0.25) is 0 Å². The molecule has 8 nitrogen and oxygen atoms in total. The zero-order chi connectivity index (χ0) is 21.7. The van der Waals surface area contributed by atoms with Crippen LogP contribution in [-0.4, -0.2) is 37.1 Å². The summed E-state index contributed by atoms with van der Waals surface area (Å²) in [6, 6.07) is 8.78. The fourth-order valence-electron chi connectivity index (χ4n) is 2.94. The highest BCUT2D eigenvalue weighted by Crippen LogP contribution is 2.39. The fourth-order valence-corrected chi connectivity index (χ4v) is 2.94. The van der Waals surface area contributed by atoms with Crippen molar-refractivity contribution in [1.82, 2.24) is 0 Å². The molecular weight excluding hydrogens is 392 g/mol. The fraction of sp³-hybridized carbons (Fsp3) is 0.273. The van der Waals surface area contributed by atoms with Crippen molar-refractivity contribution in [1.29, 1.82) is 0 Å². The Bertz CT molecular complexity index is 928. The minimum atomic E-state index is -1.01. The molecule has 1 aliphatic carbocycles. The van der Waals surface area contributed by atoms with Gasteiger partial charge in [-0.3, -0.25) is 9.59 Å². The molecular formula is C22H20O8. The summed E-state index contributed by atoms with van der Waals surface area (Å²) in [6.07, 6.45) is -0.835. The summed E-state index contributed by atoms with van der Waals surface area (Å²) >= 11 is 0. The number of carbonyl (C=O) groups is 4. The summed E-state index contributed by atoms with van der Waals surface area (Å²) in [6.45, 7) is 3.92. The molecule has 0 atom stereocenters. The van der Waals surface area contributed by atoms with Crippen LogP contribution in [0.1, 0.15) is 58.5 Å². The van der Waals surface area contributed by atoms with Gasteiger partial charge in [0.15, 0.2) is 11.6 Å². The first-order chi connectivity index (χ1) is 14.5. The highest BCUT2D eigenvalue weighted by molar-refractivity contribution is 6.30. The van der Waals surface area contributed by atoms with Crippen molar-refractivity contribution in [3.05, 3.63) is 58.7 Å². The van der Waals surface area contributed by atoms with E-state index in [2.05, 4.69) is 0 Å². The summed E-state index contributed by atoms with van der Waals surface area (Å²) in [7, 11) is 0. The van der Waals surface area contributed by atoms with Gasteiger partial charge < -0.3 is 18.9 Å². The van der Waals surface area contributed by atoms with Crippen LogP contribution >= 0.6 is 0 Å². The Balaban J connectivity index is 2.06. The van der Waals surface area contributed by atoms with Gasteiger partial charge in [0.1, 0.15) is 11.5 Å². The first-order valence-corrected chi connectivity index (χ1v) is 9.52. The van der Waals surface area contributed by atoms with E-state index in [1.807, 2.05) is 13.8 Å². The molecule has 30 heavy (non-hydrogen) atoms. The molecule has 2 aromatic carbocycles. The lowest BCUT2D eigenvalue weighted by atomic mass is 9.83. The monoisotopic (exact) mass is 412 g/mol. The third-order valence-electron chi connectivity index (χ3n) is 4.23. The van der Waals surface area contributed by atoms with Gasteiger partial charge in [0.25, 0.3) is 0 Å². The number of ether oxygens (including phenoxy) is 4. The Morgan fingerprint density at radius 3 is 1.47 bits per heavy atom. The Hall–Kier alpha value is -3.68. The third-order valence-corrected chi connectivity index (χ3v) is 4.23. The maximum Gasteiger partial charge on any atom is 0.513 e. The van der Waals surface area contributed by atoms with Gasteiger partial charge in [-0.2, -0.15) is 0 Å². The maximum atomic E-state index is 13.1. The Kier molecular flexibility index (Phi) is 6.46. The van der Waals surface area contributed by atoms with E-state index >= 15 is 0 Å². The van der Waals surface area contributed by atoms with Crippen LogP contribution in [0.5, 0.6) is 11.5 Å². The van der Waals surface area contributed by atoms with E-state index in [0.717, 1.165) is 0 Å². The molecule has 3 rings (SSSR count). The van der Waals surface area contributed by atoms with Crippen LogP contribution in [0.15, 0.2) is 36.4 Å². The average molecular weight is 412 g/mol. The minimum absolute atomic E-state index is 0.140. The Morgan fingerprint density at radius 1 is 0.700 bits per heavy atom. The second-order valence-corrected chi connectivity index (χ2v) is 6.42. The van der Waals surface area contributed by atoms with Gasteiger partial charge in [0, 0.05) is 11.1 Å². The van der Waals surface area contributed by atoms with Gasteiger partial charge >= 0.3 is 12.3 Å². The van der Waals surface area contributed by atoms with E-state index in [-0.39, 0.29) is 47.0 Å². The highest BCUT2D eigenvalue weighted by atomic mass is 16.7. The quantitative estimate of drug-likeness (QED) is 0.436. The molecule has 1 aliphatic rings. The predicted octanol–water partition coefficient (Wildman–Crippen LogP) is 4.31. The molecule has 156 valence electrons. The second-order valence-electron chi connectivity index (χ2n) is 6.42. The topological polar surface area (TPSA) is 105 Å². The third kappa shape index (κ3) is 4.17. The Labute approximate surface area is 172 Å². The van der Waals surface area contributed by atoms with E-state index < -0.39 is 23.9 Å². The molecule has 8 heteroatoms. The zero-order valence-corrected chi connectivity index (χ0v) is 16.6. The van der Waals surface area contributed by atoms with Crippen molar-refractivity contribution in [3.63, 3.8) is 0 Å². The maximum absolute atomic E-state index is 13.1. The molecule has 0 aromatic heterocycles. The zero-order valence-electron chi connectivity index (χ0n) is 16.6. The summed E-state index contributed by atoms with van der Waals surface area (Å²) < 4.78 is 20.1. The highest BCUT2D eigenvalue weighted by Gasteiger charge is 2.36. The molecule has 0 heterocycles.